The van der Waals surface area contributed by atoms with Crippen LogP contribution in [0.25, 0.3) is 0 Å². The van der Waals surface area contributed by atoms with E-state index in [1.165, 1.54) is 12.1 Å². The lowest BCUT2D eigenvalue weighted by molar-refractivity contribution is -0.144. The first-order chi connectivity index (χ1) is 17.3. The maximum Gasteiger partial charge on any atom is 0.326 e. The second kappa shape index (κ2) is 15.4. The smallest absolute Gasteiger partial charge is 0.326 e. The van der Waals surface area contributed by atoms with Crippen molar-refractivity contribution >= 4 is 29.6 Å². The average molecular weight is 523 g/mol. The average Bonchev–Trinajstić information content (AvgIpc) is 2.82. The van der Waals surface area contributed by atoms with Crippen molar-refractivity contribution < 1.29 is 34.2 Å². The van der Waals surface area contributed by atoms with E-state index >= 15 is 0 Å². The van der Waals surface area contributed by atoms with E-state index in [-0.39, 0.29) is 12.2 Å². The number of hydrogen-bond acceptors (Lipinski definition) is 8. The highest BCUT2D eigenvalue weighted by atomic mass is 16.4. The highest BCUT2D eigenvalue weighted by molar-refractivity contribution is 5.95. The van der Waals surface area contributed by atoms with E-state index in [0.29, 0.717) is 31.4 Å². The van der Waals surface area contributed by atoms with Crippen LogP contribution in [0.3, 0.4) is 0 Å². The molecule has 4 atom stereocenters. The van der Waals surface area contributed by atoms with Crippen molar-refractivity contribution in [3.63, 3.8) is 0 Å². The van der Waals surface area contributed by atoms with Crippen LogP contribution in [0.1, 0.15) is 45.1 Å². The molecule has 0 bridgehead atoms. The Hall–Kier alpha value is -3.71. The van der Waals surface area contributed by atoms with Crippen LogP contribution in [-0.4, -0.2) is 70.5 Å². The molecule has 1 aromatic carbocycles. The molecule has 4 amide bonds. The number of carboxylic acid groups (broad SMARTS) is 1. The predicted octanol–water partition coefficient (Wildman–Crippen LogP) is -1.54. The fraction of sp³-hybridized carbons (Fsp3) is 0.542. The zero-order valence-electron chi connectivity index (χ0n) is 21.1. The topological polar surface area (TPSA) is 240 Å². The highest BCUT2D eigenvalue weighted by Crippen LogP contribution is 2.13. The van der Waals surface area contributed by atoms with Gasteiger partial charge in [0.05, 0.1) is 12.5 Å². The van der Waals surface area contributed by atoms with Gasteiger partial charge in [-0.25, -0.2) is 4.79 Å². The quantitative estimate of drug-likeness (QED) is 0.117. The number of phenols is 1. The van der Waals surface area contributed by atoms with Gasteiger partial charge in [0.15, 0.2) is 0 Å². The third-order valence-electron chi connectivity index (χ3n) is 5.58. The van der Waals surface area contributed by atoms with Crippen LogP contribution in [0.2, 0.25) is 0 Å². The molecule has 0 saturated carbocycles. The summed E-state index contributed by atoms with van der Waals surface area (Å²) in [5, 5.41) is 26.2. The third kappa shape index (κ3) is 11.3. The number of benzene rings is 1. The first-order valence-corrected chi connectivity index (χ1v) is 12.0. The van der Waals surface area contributed by atoms with Gasteiger partial charge in [-0.2, -0.15) is 0 Å². The van der Waals surface area contributed by atoms with Crippen molar-refractivity contribution in [2.45, 2.75) is 70.1 Å². The molecule has 0 fully saturated rings. The molecule has 1 rings (SSSR count). The van der Waals surface area contributed by atoms with Crippen molar-refractivity contribution in [3.8, 4) is 5.75 Å². The fourth-order valence-corrected chi connectivity index (χ4v) is 3.45. The molecule has 0 spiro atoms. The molecule has 0 radical (unpaired) electrons. The molecule has 0 aromatic heterocycles. The van der Waals surface area contributed by atoms with E-state index in [9.17, 15) is 34.2 Å². The standard InChI is InChI=1S/C24H38N6O7/c1-13(2)20(23(35)29-18(24(36)37)12-19(27)32)30-22(34)17(11-14-6-8-15(31)9-7-14)28-21(33)16(26)5-3-4-10-25/h6-9,13,16-18,20,31H,3-5,10-12,25-26H2,1-2H3,(H2,27,32)(H,28,33)(H,29,35)(H,30,34)(H,36,37). The van der Waals surface area contributed by atoms with Crippen LogP contribution in [0.4, 0.5) is 0 Å². The SMILES string of the molecule is CC(C)C(NC(=O)C(Cc1ccc(O)cc1)NC(=O)C(N)CCCCN)C(=O)NC(CC(N)=O)C(=O)O. The van der Waals surface area contributed by atoms with E-state index in [4.69, 9.17) is 17.2 Å². The van der Waals surface area contributed by atoms with Crippen LogP contribution in [-0.2, 0) is 30.4 Å². The van der Waals surface area contributed by atoms with Crippen molar-refractivity contribution in [1.82, 2.24) is 16.0 Å². The summed E-state index contributed by atoms with van der Waals surface area (Å²) in [6.07, 6.45) is 1.09. The second-order valence-electron chi connectivity index (χ2n) is 9.12. The number of rotatable bonds is 16. The van der Waals surface area contributed by atoms with Gasteiger partial charge in [-0.05, 0) is 43.0 Å². The van der Waals surface area contributed by atoms with Gasteiger partial charge in [0.1, 0.15) is 23.9 Å². The number of aliphatic carboxylic acids is 1. The molecule has 1 aromatic rings. The van der Waals surface area contributed by atoms with E-state index in [2.05, 4.69) is 16.0 Å². The lowest BCUT2D eigenvalue weighted by Crippen LogP contribution is -2.59. The van der Waals surface area contributed by atoms with Gasteiger partial charge in [-0.1, -0.05) is 32.4 Å². The Balaban J connectivity index is 3.07. The molecular weight excluding hydrogens is 484 g/mol. The summed E-state index contributed by atoms with van der Waals surface area (Å²) in [5.41, 5.74) is 17.1. The summed E-state index contributed by atoms with van der Waals surface area (Å²) >= 11 is 0. The van der Waals surface area contributed by atoms with Gasteiger partial charge in [-0.3, -0.25) is 19.2 Å². The number of primary amides is 1. The van der Waals surface area contributed by atoms with Crippen LogP contribution in [0.5, 0.6) is 5.75 Å². The molecule has 0 aliphatic rings. The number of carboxylic acids is 1. The van der Waals surface area contributed by atoms with Gasteiger partial charge in [-0.15, -0.1) is 0 Å². The van der Waals surface area contributed by atoms with Gasteiger partial charge < -0.3 is 43.4 Å². The minimum atomic E-state index is -1.57. The van der Waals surface area contributed by atoms with Crippen molar-refractivity contribution in [3.05, 3.63) is 29.8 Å². The van der Waals surface area contributed by atoms with Crippen LogP contribution < -0.4 is 33.2 Å². The van der Waals surface area contributed by atoms with Crippen molar-refractivity contribution in [2.75, 3.05) is 6.54 Å². The van der Waals surface area contributed by atoms with Crippen LogP contribution in [0, 0.1) is 5.92 Å². The van der Waals surface area contributed by atoms with Gasteiger partial charge >= 0.3 is 5.97 Å². The number of carbonyl (C=O) groups is 5. The molecule has 13 heteroatoms. The molecule has 0 aliphatic heterocycles. The Morgan fingerprint density at radius 1 is 0.892 bits per heavy atom. The zero-order valence-corrected chi connectivity index (χ0v) is 21.1. The highest BCUT2D eigenvalue weighted by Gasteiger charge is 2.32. The van der Waals surface area contributed by atoms with Crippen LogP contribution >= 0.6 is 0 Å². The third-order valence-corrected chi connectivity index (χ3v) is 5.58. The first-order valence-electron chi connectivity index (χ1n) is 12.0. The van der Waals surface area contributed by atoms with Crippen molar-refractivity contribution in [2.24, 2.45) is 23.1 Å². The number of amides is 4. The van der Waals surface area contributed by atoms with Gasteiger partial charge in [0, 0.05) is 6.42 Å². The lowest BCUT2D eigenvalue weighted by atomic mass is 10.00. The summed E-state index contributed by atoms with van der Waals surface area (Å²) < 4.78 is 0. The Morgan fingerprint density at radius 2 is 1.49 bits per heavy atom. The lowest BCUT2D eigenvalue weighted by Gasteiger charge is -2.27. The number of phenolic OH excluding ortho intramolecular Hbond substituents is 1. The first kappa shape index (κ1) is 31.3. The number of carbonyl (C=O) groups excluding carboxylic acids is 4. The van der Waals surface area contributed by atoms with Crippen molar-refractivity contribution in [1.29, 1.82) is 0 Å². The molecule has 37 heavy (non-hydrogen) atoms. The number of hydrogen-bond donors (Lipinski definition) is 8. The number of unbranched alkanes of at least 4 members (excludes halogenated alkanes) is 1. The Kier molecular flexibility index (Phi) is 13.0. The summed E-state index contributed by atoms with van der Waals surface area (Å²) in [4.78, 5) is 61.3. The summed E-state index contributed by atoms with van der Waals surface area (Å²) in [7, 11) is 0. The molecule has 11 N–H and O–H groups in total. The summed E-state index contributed by atoms with van der Waals surface area (Å²) in [6, 6.07) is 1.26. The molecule has 0 heterocycles. The molecule has 206 valence electrons. The Labute approximate surface area is 215 Å². The van der Waals surface area contributed by atoms with E-state index < -0.39 is 66.1 Å². The van der Waals surface area contributed by atoms with Gasteiger partial charge in [0.2, 0.25) is 23.6 Å². The number of nitrogens with one attached hydrogen (secondary N) is 3. The molecule has 0 aliphatic carbocycles. The second-order valence-corrected chi connectivity index (χ2v) is 9.12. The Bertz CT molecular complexity index is 938. The summed E-state index contributed by atoms with van der Waals surface area (Å²) in [5.74, 6) is -4.92. The molecule has 4 unspecified atom stereocenters. The zero-order chi connectivity index (χ0) is 28.1. The molecule has 13 nitrogen and oxygen atoms in total. The Morgan fingerprint density at radius 3 is 2.00 bits per heavy atom. The molecule has 0 saturated heterocycles. The maximum atomic E-state index is 13.2. The maximum absolute atomic E-state index is 13.2. The normalized spacial score (nSPS) is 14.2. The minimum Gasteiger partial charge on any atom is -0.508 e. The van der Waals surface area contributed by atoms with Crippen LogP contribution in [0.15, 0.2) is 24.3 Å². The summed E-state index contributed by atoms with van der Waals surface area (Å²) in [6.45, 7) is 3.73. The number of nitrogens with two attached hydrogens (primary N) is 3. The van der Waals surface area contributed by atoms with E-state index in [1.807, 2.05) is 0 Å². The molecular formula is C24H38N6O7. The van der Waals surface area contributed by atoms with Gasteiger partial charge in [0.25, 0.3) is 0 Å². The fourth-order valence-electron chi connectivity index (χ4n) is 3.45. The number of aromatic hydroxyl groups is 1. The minimum absolute atomic E-state index is 0.0243. The van der Waals surface area contributed by atoms with E-state index in [1.54, 1.807) is 26.0 Å². The monoisotopic (exact) mass is 522 g/mol. The van der Waals surface area contributed by atoms with E-state index in [0.717, 1.165) is 0 Å². The predicted molar refractivity (Wildman–Crippen MR) is 135 cm³/mol. The largest absolute Gasteiger partial charge is 0.508 e.